The second-order valence-electron chi connectivity index (χ2n) is 6.13. The molecule has 0 heterocycles. The first-order chi connectivity index (χ1) is 10.0. The molecule has 0 aromatic heterocycles. The predicted octanol–water partition coefficient (Wildman–Crippen LogP) is 2.75. The van der Waals surface area contributed by atoms with E-state index in [1.165, 1.54) is 0 Å². The van der Waals surface area contributed by atoms with E-state index in [1.54, 1.807) is 22.5 Å². The Balaban J connectivity index is 1.87. The second kappa shape index (κ2) is 5.99. The molecule has 0 amide bonds. The summed E-state index contributed by atoms with van der Waals surface area (Å²) in [6.07, 6.45) is 4.56. The molecule has 1 N–H and O–H groups in total. The topological polar surface area (TPSA) is 57.6 Å². The zero-order valence-electron chi connectivity index (χ0n) is 11.8. The second-order valence-corrected chi connectivity index (χ2v) is 8.89. The Bertz CT molecular complexity index is 610. The van der Waals surface area contributed by atoms with Crippen LogP contribution < -0.4 is 0 Å². The van der Waals surface area contributed by atoms with Crippen molar-refractivity contribution in [2.75, 3.05) is 13.1 Å². The van der Waals surface area contributed by atoms with E-state index in [1.807, 2.05) is 0 Å². The molecule has 0 spiro atoms. The SMILES string of the molecule is O=S(=O)(c1ccc(CO)cc1Br)N(CC1CC1)CC1CC1. The van der Waals surface area contributed by atoms with Crippen molar-refractivity contribution >= 4 is 26.0 Å². The molecule has 4 nitrogen and oxygen atoms in total. The lowest BCUT2D eigenvalue weighted by Crippen LogP contribution is -2.35. The van der Waals surface area contributed by atoms with Crippen LogP contribution in [0.4, 0.5) is 0 Å². The predicted molar refractivity (Wildman–Crippen MR) is 84.3 cm³/mol. The molecular weight excluding hydrogens is 354 g/mol. The maximum absolute atomic E-state index is 12.9. The van der Waals surface area contributed by atoms with Gasteiger partial charge < -0.3 is 5.11 Å². The molecule has 1 aromatic carbocycles. The summed E-state index contributed by atoms with van der Waals surface area (Å²) in [4.78, 5) is 0.306. The average Bonchev–Trinajstić information content (AvgIpc) is 3.32. The molecule has 2 fully saturated rings. The van der Waals surface area contributed by atoms with Crippen LogP contribution in [0, 0.1) is 11.8 Å². The van der Waals surface area contributed by atoms with Crippen LogP contribution in [0.3, 0.4) is 0 Å². The lowest BCUT2D eigenvalue weighted by atomic mass is 10.2. The lowest BCUT2D eigenvalue weighted by molar-refractivity contribution is 0.281. The Labute approximate surface area is 134 Å². The smallest absolute Gasteiger partial charge is 0.244 e. The quantitative estimate of drug-likeness (QED) is 0.799. The number of halogens is 1. The summed E-state index contributed by atoms with van der Waals surface area (Å²) in [5.41, 5.74) is 0.705. The normalized spacial score (nSPS) is 19.2. The van der Waals surface area contributed by atoms with Crippen LogP contribution in [0.15, 0.2) is 27.6 Å². The Kier molecular flexibility index (Phi) is 4.41. The average molecular weight is 374 g/mol. The van der Waals surface area contributed by atoms with Gasteiger partial charge in [-0.1, -0.05) is 6.07 Å². The highest BCUT2D eigenvalue weighted by Gasteiger charge is 2.36. The maximum atomic E-state index is 12.9. The van der Waals surface area contributed by atoms with Gasteiger partial charge in [-0.3, -0.25) is 0 Å². The van der Waals surface area contributed by atoms with Gasteiger partial charge in [-0.2, -0.15) is 4.31 Å². The summed E-state index contributed by atoms with van der Waals surface area (Å²) in [6.45, 7) is 1.20. The molecule has 2 saturated carbocycles. The van der Waals surface area contributed by atoms with Gasteiger partial charge in [-0.05, 0) is 71.1 Å². The highest BCUT2D eigenvalue weighted by molar-refractivity contribution is 9.10. The van der Waals surface area contributed by atoms with Crippen molar-refractivity contribution in [1.29, 1.82) is 0 Å². The van der Waals surface area contributed by atoms with Gasteiger partial charge in [0.25, 0.3) is 0 Å². The molecule has 0 atom stereocenters. The fourth-order valence-electron chi connectivity index (χ4n) is 2.44. The number of rotatable bonds is 7. The third-order valence-corrected chi connectivity index (χ3v) is 6.92. The van der Waals surface area contributed by atoms with Crippen LogP contribution in [0.1, 0.15) is 31.2 Å². The van der Waals surface area contributed by atoms with Gasteiger partial charge in [-0.15, -0.1) is 0 Å². The number of benzene rings is 1. The van der Waals surface area contributed by atoms with Crippen LogP contribution in [0.5, 0.6) is 0 Å². The van der Waals surface area contributed by atoms with Gasteiger partial charge in [-0.25, -0.2) is 8.42 Å². The molecule has 116 valence electrons. The first-order valence-corrected chi connectivity index (χ1v) is 9.63. The van der Waals surface area contributed by atoms with Gasteiger partial charge in [0.05, 0.1) is 11.5 Å². The van der Waals surface area contributed by atoms with Crippen LogP contribution >= 0.6 is 15.9 Å². The van der Waals surface area contributed by atoms with Crippen LogP contribution in [-0.4, -0.2) is 30.9 Å². The minimum absolute atomic E-state index is 0.0905. The molecule has 3 rings (SSSR count). The van der Waals surface area contributed by atoms with E-state index < -0.39 is 10.0 Å². The van der Waals surface area contributed by atoms with Crippen LogP contribution in [0.25, 0.3) is 0 Å². The zero-order chi connectivity index (χ0) is 15.0. The molecule has 1 aromatic rings. The summed E-state index contributed by atoms with van der Waals surface area (Å²) in [5, 5.41) is 9.14. The maximum Gasteiger partial charge on any atom is 0.244 e. The largest absolute Gasteiger partial charge is 0.392 e. The number of nitrogens with zero attached hydrogens (tertiary/aromatic N) is 1. The Hall–Kier alpha value is -0.430. The Morgan fingerprint density at radius 2 is 1.71 bits per heavy atom. The number of aliphatic hydroxyl groups is 1. The van der Waals surface area contributed by atoms with Crippen molar-refractivity contribution in [3.8, 4) is 0 Å². The van der Waals surface area contributed by atoms with Crippen molar-refractivity contribution in [3.63, 3.8) is 0 Å². The number of hydrogen-bond acceptors (Lipinski definition) is 3. The van der Waals surface area contributed by atoms with E-state index >= 15 is 0 Å². The number of hydrogen-bond donors (Lipinski definition) is 1. The van der Waals surface area contributed by atoms with Crippen molar-refractivity contribution < 1.29 is 13.5 Å². The van der Waals surface area contributed by atoms with Crippen molar-refractivity contribution in [3.05, 3.63) is 28.2 Å². The highest BCUT2D eigenvalue weighted by atomic mass is 79.9. The first kappa shape index (κ1) is 15.5. The van der Waals surface area contributed by atoms with E-state index in [0.29, 0.717) is 39.9 Å². The molecule has 2 aliphatic rings. The van der Waals surface area contributed by atoms with E-state index in [9.17, 15) is 8.42 Å². The van der Waals surface area contributed by atoms with Gasteiger partial charge in [0.2, 0.25) is 10.0 Å². The first-order valence-electron chi connectivity index (χ1n) is 7.40. The summed E-state index contributed by atoms with van der Waals surface area (Å²) in [5.74, 6) is 1.07. The third-order valence-electron chi connectivity index (χ3n) is 4.11. The molecule has 0 aliphatic heterocycles. The molecule has 21 heavy (non-hydrogen) atoms. The minimum atomic E-state index is -3.46. The molecule has 2 aliphatic carbocycles. The minimum Gasteiger partial charge on any atom is -0.392 e. The summed E-state index contributed by atoms with van der Waals surface area (Å²) >= 11 is 3.34. The zero-order valence-corrected chi connectivity index (χ0v) is 14.2. The molecule has 0 unspecified atom stereocenters. The molecule has 6 heteroatoms. The van der Waals surface area contributed by atoms with E-state index in [4.69, 9.17) is 5.11 Å². The highest BCUT2D eigenvalue weighted by Crippen LogP contribution is 2.37. The van der Waals surface area contributed by atoms with Gasteiger partial charge in [0.1, 0.15) is 0 Å². The summed E-state index contributed by atoms with van der Waals surface area (Å²) in [6, 6.07) is 4.95. The monoisotopic (exact) mass is 373 g/mol. The van der Waals surface area contributed by atoms with Gasteiger partial charge in [0.15, 0.2) is 0 Å². The molecule has 0 radical (unpaired) electrons. The summed E-state index contributed by atoms with van der Waals surface area (Å²) < 4.78 is 28.0. The fourth-order valence-corrected chi connectivity index (χ4v) is 5.12. The Morgan fingerprint density at radius 3 is 2.14 bits per heavy atom. The van der Waals surface area contributed by atoms with Crippen LogP contribution in [-0.2, 0) is 16.6 Å². The fraction of sp³-hybridized carbons (Fsp3) is 0.600. The summed E-state index contributed by atoms with van der Waals surface area (Å²) in [7, 11) is -3.46. The standard InChI is InChI=1S/C15H20BrNO3S/c16-14-7-13(10-18)5-6-15(14)21(19,20)17(8-11-1-2-11)9-12-3-4-12/h5-7,11-12,18H,1-4,8-10H2. The van der Waals surface area contributed by atoms with Gasteiger partial charge >= 0.3 is 0 Å². The molecule has 0 bridgehead atoms. The molecular formula is C15H20BrNO3S. The van der Waals surface area contributed by atoms with E-state index in [0.717, 1.165) is 25.7 Å². The molecule has 0 saturated heterocycles. The third kappa shape index (κ3) is 3.67. The Morgan fingerprint density at radius 1 is 1.14 bits per heavy atom. The van der Waals surface area contributed by atoms with Crippen molar-refractivity contribution in [2.24, 2.45) is 11.8 Å². The number of aliphatic hydroxyl groups excluding tert-OH is 1. The van der Waals surface area contributed by atoms with Gasteiger partial charge in [0, 0.05) is 17.6 Å². The number of sulfonamides is 1. The van der Waals surface area contributed by atoms with E-state index in [2.05, 4.69) is 15.9 Å². The lowest BCUT2D eigenvalue weighted by Gasteiger charge is -2.23. The van der Waals surface area contributed by atoms with Crippen molar-refractivity contribution in [2.45, 2.75) is 37.2 Å². The van der Waals surface area contributed by atoms with Crippen LogP contribution in [0.2, 0.25) is 0 Å². The van der Waals surface area contributed by atoms with E-state index in [-0.39, 0.29) is 6.61 Å². The van der Waals surface area contributed by atoms with Crippen molar-refractivity contribution in [1.82, 2.24) is 4.31 Å².